The summed E-state index contributed by atoms with van der Waals surface area (Å²) in [5.74, 6) is 1.43. The topological polar surface area (TPSA) is 65.6 Å². The van der Waals surface area contributed by atoms with E-state index in [9.17, 15) is 5.11 Å². The van der Waals surface area contributed by atoms with Crippen molar-refractivity contribution in [3.05, 3.63) is 11.7 Å². The standard InChI is InChI=1S/C13H24N4O2/c1-4-5-13-14-12(15-19-13)9-17-8-11(18)6-10(17)7-16(2)3/h10-11,18H,4-9H2,1-3H3. The average Bonchev–Trinajstić information content (AvgIpc) is 2.87. The Bertz CT molecular complexity index is 394. The van der Waals surface area contributed by atoms with Gasteiger partial charge in [-0.3, -0.25) is 4.90 Å². The lowest BCUT2D eigenvalue weighted by atomic mass is 10.2. The Hall–Kier alpha value is -0.980. The van der Waals surface area contributed by atoms with Crippen LogP contribution in [0, 0.1) is 0 Å². The zero-order chi connectivity index (χ0) is 13.8. The molecule has 19 heavy (non-hydrogen) atoms. The van der Waals surface area contributed by atoms with Crippen molar-refractivity contribution in [1.29, 1.82) is 0 Å². The highest BCUT2D eigenvalue weighted by Crippen LogP contribution is 2.20. The Kier molecular flexibility index (Phi) is 4.90. The summed E-state index contributed by atoms with van der Waals surface area (Å²) in [6, 6.07) is 0.359. The zero-order valence-electron chi connectivity index (χ0n) is 12.0. The van der Waals surface area contributed by atoms with Gasteiger partial charge in [0, 0.05) is 25.6 Å². The maximum atomic E-state index is 9.83. The third-order valence-corrected chi connectivity index (χ3v) is 3.40. The van der Waals surface area contributed by atoms with Crippen molar-refractivity contribution in [2.45, 2.75) is 44.9 Å². The van der Waals surface area contributed by atoms with Crippen LogP contribution in [-0.4, -0.2) is 64.4 Å². The summed E-state index contributed by atoms with van der Waals surface area (Å²) in [7, 11) is 4.10. The fourth-order valence-corrected chi connectivity index (χ4v) is 2.61. The van der Waals surface area contributed by atoms with Crippen molar-refractivity contribution in [3.8, 4) is 0 Å². The van der Waals surface area contributed by atoms with Gasteiger partial charge < -0.3 is 14.5 Å². The summed E-state index contributed by atoms with van der Waals surface area (Å²) in [6.45, 7) is 4.38. The van der Waals surface area contributed by atoms with E-state index in [0.717, 1.165) is 31.6 Å². The lowest BCUT2D eigenvalue weighted by Gasteiger charge is -2.25. The Morgan fingerprint density at radius 2 is 2.26 bits per heavy atom. The number of aliphatic hydroxyl groups excluding tert-OH is 1. The second kappa shape index (κ2) is 6.45. The van der Waals surface area contributed by atoms with E-state index in [2.05, 4.69) is 41.0 Å². The number of likely N-dealkylation sites (tertiary alicyclic amines) is 1. The highest BCUT2D eigenvalue weighted by molar-refractivity contribution is 4.92. The molecule has 1 aromatic rings. The van der Waals surface area contributed by atoms with Gasteiger partial charge in [0.2, 0.25) is 5.89 Å². The molecule has 108 valence electrons. The first-order chi connectivity index (χ1) is 9.08. The monoisotopic (exact) mass is 268 g/mol. The Morgan fingerprint density at radius 3 is 2.95 bits per heavy atom. The van der Waals surface area contributed by atoms with Crippen LogP contribution in [0.5, 0.6) is 0 Å². The quantitative estimate of drug-likeness (QED) is 0.811. The smallest absolute Gasteiger partial charge is 0.226 e. The van der Waals surface area contributed by atoms with Gasteiger partial charge in [-0.25, -0.2) is 0 Å². The van der Waals surface area contributed by atoms with Crippen molar-refractivity contribution < 1.29 is 9.63 Å². The normalized spacial score (nSPS) is 24.5. The Balaban J connectivity index is 1.95. The number of hydrogen-bond donors (Lipinski definition) is 1. The fraction of sp³-hybridized carbons (Fsp3) is 0.846. The first-order valence-electron chi connectivity index (χ1n) is 6.96. The molecule has 1 fully saturated rings. The molecule has 0 aromatic carbocycles. The SMILES string of the molecule is CCCc1nc(CN2CC(O)CC2CN(C)C)no1. The molecule has 6 heteroatoms. The van der Waals surface area contributed by atoms with Gasteiger partial charge >= 0.3 is 0 Å². The molecule has 2 rings (SSSR count). The van der Waals surface area contributed by atoms with E-state index >= 15 is 0 Å². The van der Waals surface area contributed by atoms with Crippen LogP contribution in [0.2, 0.25) is 0 Å². The van der Waals surface area contributed by atoms with Crippen LogP contribution < -0.4 is 0 Å². The summed E-state index contributed by atoms with van der Waals surface area (Å²) in [6.07, 6.45) is 2.41. The summed E-state index contributed by atoms with van der Waals surface area (Å²) < 4.78 is 5.20. The molecule has 1 N–H and O–H groups in total. The minimum absolute atomic E-state index is 0.244. The van der Waals surface area contributed by atoms with Crippen molar-refractivity contribution >= 4 is 0 Å². The molecule has 2 heterocycles. The molecule has 0 amide bonds. The molecular weight excluding hydrogens is 244 g/mol. The van der Waals surface area contributed by atoms with E-state index in [1.807, 2.05) is 0 Å². The zero-order valence-corrected chi connectivity index (χ0v) is 12.0. The van der Waals surface area contributed by atoms with Crippen LogP contribution in [0.4, 0.5) is 0 Å². The minimum Gasteiger partial charge on any atom is -0.392 e. The van der Waals surface area contributed by atoms with Gasteiger partial charge in [0.1, 0.15) is 0 Å². The Labute approximate surface area is 114 Å². The largest absolute Gasteiger partial charge is 0.392 e. The molecule has 1 aromatic heterocycles. The predicted molar refractivity (Wildman–Crippen MR) is 71.7 cm³/mol. The van der Waals surface area contributed by atoms with E-state index in [-0.39, 0.29) is 6.10 Å². The first kappa shape index (κ1) is 14.4. The van der Waals surface area contributed by atoms with Gasteiger partial charge in [0.05, 0.1) is 12.6 Å². The van der Waals surface area contributed by atoms with Gasteiger partial charge in [-0.15, -0.1) is 0 Å². The summed E-state index contributed by atoms with van der Waals surface area (Å²) >= 11 is 0. The lowest BCUT2D eigenvalue weighted by Crippen LogP contribution is -2.37. The third-order valence-electron chi connectivity index (χ3n) is 3.40. The highest BCUT2D eigenvalue weighted by atomic mass is 16.5. The lowest BCUT2D eigenvalue weighted by molar-refractivity contribution is 0.166. The maximum Gasteiger partial charge on any atom is 0.226 e. The molecule has 0 aliphatic carbocycles. The molecule has 6 nitrogen and oxygen atoms in total. The number of hydrogen-bond acceptors (Lipinski definition) is 6. The van der Waals surface area contributed by atoms with Crippen LogP contribution >= 0.6 is 0 Å². The molecular formula is C13H24N4O2. The Morgan fingerprint density at radius 1 is 1.47 bits per heavy atom. The van der Waals surface area contributed by atoms with Crippen molar-refractivity contribution in [2.75, 3.05) is 27.2 Å². The van der Waals surface area contributed by atoms with E-state index in [4.69, 9.17) is 4.52 Å². The van der Waals surface area contributed by atoms with E-state index in [1.165, 1.54) is 0 Å². The molecule has 1 aliphatic heterocycles. The number of β-amino-alcohol motifs (C(OH)–C–C–N with tert-alkyl or cyclic N) is 1. The number of rotatable bonds is 6. The fourth-order valence-electron chi connectivity index (χ4n) is 2.61. The number of aliphatic hydroxyl groups is 1. The van der Waals surface area contributed by atoms with Crippen LogP contribution in [0.25, 0.3) is 0 Å². The highest BCUT2D eigenvalue weighted by Gasteiger charge is 2.31. The summed E-state index contributed by atoms with van der Waals surface area (Å²) in [5.41, 5.74) is 0. The van der Waals surface area contributed by atoms with Crippen molar-refractivity contribution in [2.24, 2.45) is 0 Å². The second-order valence-corrected chi connectivity index (χ2v) is 5.59. The predicted octanol–water partition coefficient (Wildman–Crippen LogP) is 0.519. The van der Waals surface area contributed by atoms with Crippen molar-refractivity contribution in [3.63, 3.8) is 0 Å². The molecule has 1 aliphatic rings. The van der Waals surface area contributed by atoms with Gasteiger partial charge in [-0.2, -0.15) is 4.98 Å². The van der Waals surface area contributed by atoms with Crippen LogP contribution in [0.15, 0.2) is 4.52 Å². The van der Waals surface area contributed by atoms with Gasteiger partial charge in [0.15, 0.2) is 5.82 Å². The van der Waals surface area contributed by atoms with E-state index < -0.39 is 0 Å². The number of aromatic nitrogens is 2. The molecule has 0 radical (unpaired) electrons. The number of aryl methyl sites for hydroxylation is 1. The third kappa shape index (κ3) is 3.99. The van der Waals surface area contributed by atoms with E-state index in [1.54, 1.807) is 0 Å². The second-order valence-electron chi connectivity index (χ2n) is 5.59. The summed E-state index contributed by atoms with van der Waals surface area (Å²) in [4.78, 5) is 8.78. The minimum atomic E-state index is -0.244. The molecule has 0 bridgehead atoms. The van der Waals surface area contributed by atoms with Crippen molar-refractivity contribution in [1.82, 2.24) is 19.9 Å². The molecule has 2 unspecified atom stereocenters. The van der Waals surface area contributed by atoms with Gasteiger partial charge in [0.25, 0.3) is 0 Å². The first-order valence-corrected chi connectivity index (χ1v) is 6.96. The van der Waals surface area contributed by atoms with Crippen LogP contribution in [0.3, 0.4) is 0 Å². The molecule has 2 atom stereocenters. The van der Waals surface area contributed by atoms with Gasteiger partial charge in [-0.05, 0) is 26.9 Å². The molecule has 0 saturated carbocycles. The molecule has 0 spiro atoms. The van der Waals surface area contributed by atoms with Gasteiger partial charge in [-0.1, -0.05) is 12.1 Å². The summed E-state index contributed by atoms with van der Waals surface area (Å²) in [5, 5.41) is 13.8. The number of likely N-dealkylation sites (N-methyl/N-ethyl adjacent to an activating group) is 1. The number of nitrogens with zero attached hydrogens (tertiary/aromatic N) is 4. The maximum absolute atomic E-state index is 9.83. The van der Waals surface area contributed by atoms with Crippen LogP contribution in [-0.2, 0) is 13.0 Å². The molecule has 1 saturated heterocycles. The van der Waals surface area contributed by atoms with E-state index in [0.29, 0.717) is 25.0 Å². The average molecular weight is 268 g/mol. The van der Waals surface area contributed by atoms with Crippen LogP contribution in [0.1, 0.15) is 31.5 Å².